The second kappa shape index (κ2) is 6.27. The van der Waals surface area contributed by atoms with Crippen LogP contribution in [0.25, 0.3) is 0 Å². The third-order valence-electron chi connectivity index (χ3n) is 3.92. The lowest BCUT2D eigenvalue weighted by Crippen LogP contribution is -2.37. The largest absolute Gasteiger partial charge is 0.314 e. The van der Waals surface area contributed by atoms with E-state index in [1.807, 2.05) is 12.1 Å². The van der Waals surface area contributed by atoms with Gasteiger partial charge in [0.2, 0.25) is 0 Å². The molecule has 2 unspecified atom stereocenters. The highest BCUT2D eigenvalue weighted by Gasteiger charge is 2.33. The molecule has 18 heavy (non-hydrogen) atoms. The van der Waals surface area contributed by atoms with Crippen molar-refractivity contribution in [3.05, 3.63) is 33.8 Å². The maximum absolute atomic E-state index is 6.26. The van der Waals surface area contributed by atoms with Crippen molar-refractivity contribution >= 4 is 23.2 Å². The normalized spacial score (nSPS) is 18.7. The first-order chi connectivity index (χ1) is 8.61. The van der Waals surface area contributed by atoms with Crippen LogP contribution in [0.2, 0.25) is 10.0 Å². The van der Waals surface area contributed by atoms with E-state index >= 15 is 0 Å². The molecule has 0 radical (unpaired) electrons. The SMILES string of the molecule is CCNC(Cc1ccc(Cl)cc1Cl)C(C)C1CC1. The number of hydrogen-bond donors (Lipinski definition) is 1. The van der Waals surface area contributed by atoms with Crippen LogP contribution in [0.5, 0.6) is 0 Å². The average molecular weight is 286 g/mol. The van der Waals surface area contributed by atoms with Gasteiger partial charge in [0.05, 0.1) is 0 Å². The van der Waals surface area contributed by atoms with Crippen molar-refractivity contribution in [2.24, 2.45) is 11.8 Å². The Balaban J connectivity index is 2.07. The van der Waals surface area contributed by atoms with Crippen LogP contribution in [0.1, 0.15) is 32.3 Å². The van der Waals surface area contributed by atoms with Crippen molar-refractivity contribution < 1.29 is 0 Å². The Morgan fingerprint density at radius 3 is 2.61 bits per heavy atom. The number of nitrogens with one attached hydrogen (secondary N) is 1. The van der Waals surface area contributed by atoms with E-state index in [1.54, 1.807) is 0 Å². The summed E-state index contributed by atoms with van der Waals surface area (Å²) in [6, 6.07) is 6.33. The van der Waals surface area contributed by atoms with Crippen LogP contribution < -0.4 is 5.32 Å². The Hall–Kier alpha value is -0.240. The molecular weight excluding hydrogens is 265 g/mol. The Morgan fingerprint density at radius 2 is 2.06 bits per heavy atom. The van der Waals surface area contributed by atoms with Gasteiger partial charge in [0.1, 0.15) is 0 Å². The van der Waals surface area contributed by atoms with Crippen LogP contribution in [0, 0.1) is 11.8 Å². The summed E-state index contributed by atoms with van der Waals surface area (Å²) in [5, 5.41) is 5.10. The van der Waals surface area contributed by atoms with Gasteiger partial charge < -0.3 is 5.32 Å². The zero-order chi connectivity index (χ0) is 13.1. The molecule has 0 saturated heterocycles. The van der Waals surface area contributed by atoms with Gasteiger partial charge in [0, 0.05) is 16.1 Å². The van der Waals surface area contributed by atoms with E-state index in [4.69, 9.17) is 23.2 Å². The zero-order valence-corrected chi connectivity index (χ0v) is 12.6. The first-order valence-electron chi connectivity index (χ1n) is 6.79. The summed E-state index contributed by atoms with van der Waals surface area (Å²) in [6.45, 7) is 5.53. The molecular formula is C15H21Cl2N. The van der Waals surface area contributed by atoms with Crippen LogP contribution in [-0.2, 0) is 6.42 Å². The topological polar surface area (TPSA) is 12.0 Å². The highest BCUT2D eigenvalue weighted by Crippen LogP contribution is 2.39. The van der Waals surface area contributed by atoms with Crippen molar-refractivity contribution in [2.75, 3.05) is 6.54 Å². The quantitative estimate of drug-likeness (QED) is 0.808. The minimum absolute atomic E-state index is 0.515. The highest BCUT2D eigenvalue weighted by molar-refractivity contribution is 6.35. The molecule has 0 spiro atoms. The van der Waals surface area contributed by atoms with Crippen LogP contribution in [-0.4, -0.2) is 12.6 Å². The Kier molecular flexibility index (Phi) is 4.94. The van der Waals surface area contributed by atoms with E-state index in [2.05, 4.69) is 25.2 Å². The van der Waals surface area contributed by atoms with Crippen molar-refractivity contribution in [3.63, 3.8) is 0 Å². The lowest BCUT2D eigenvalue weighted by atomic mass is 9.91. The van der Waals surface area contributed by atoms with E-state index in [0.717, 1.165) is 29.8 Å². The van der Waals surface area contributed by atoms with Crippen molar-refractivity contribution in [2.45, 2.75) is 39.2 Å². The Labute approximate surface area is 120 Å². The molecule has 1 N–H and O–H groups in total. The number of hydrogen-bond acceptors (Lipinski definition) is 1. The molecule has 1 aromatic rings. The lowest BCUT2D eigenvalue weighted by molar-refractivity contribution is 0.344. The molecule has 1 aliphatic carbocycles. The standard InChI is InChI=1S/C15H21Cl2N/c1-3-18-15(10(2)11-4-5-11)8-12-6-7-13(16)9-14(12)17/h6-7,9-11,15,18H,3-5,8H2,1-2H3. The number of halogens is 2. The minimum Gasteiger partial charge on any atom is -0.314 e. The molecule has 1 nitrogen and oxygen atoms in total. The second-order valence-corrected chi connectivity index (χ2v) is 6.14. The van der Waals surface area contributed by atoms with E-state index in [0.29, 0.717) is 11.1 Å². The van der Waals surface area contributed by atoms with Crippen molar-refractivity contribution in [1.82, 2.24) is 5.32 Å². The van der Waals surface area contributed by atoms with E-state index in [1.165, 1.54) is 18.4 Å². The van der Waals surface area contributed by atoms with Gasteiger partial charge in [0.15, 0.2) is 0 Å². The summed E-state index contributed by atoms with van der Waals surface area (Å²) >= 11 is 12.2. The zero-order valence-electron chi connectivity index (χ0n) is 11.0. The Bertz CT molecular complexity index is 401. The van der Waals surface area contributed by atoms with Gasteiger partial charge in [-0.3, -0.25) is 0 Å². The van der Waals surface area contributed by atoms with Gasteiger partial charge in [-0.1, -0.05) is 43.1 Å². The Morgan fingerprint density at radius 1 is 1.33 bits per heavy atom. The molecule has 3 heteroatoms. The highest BCUT2D eigenvalue weighted by atomic mass is 35.5. The molecule has 0 heterocycles. The third-order valence-corrected chi connectivity index (χ3v) is 4.51. The smallest absolute Gasteiger partial charge is 0.0453 e. The van der Waals surface area contributed by atoms with Gasteiger partial charge in [-0.05, 0) is 55.3 Å². The number of rotatable bonds is 6. The van der Waals surface area contributed by atoms with E-state index in [-0.39, 0.29) is 0 Å². The molecule has 0 amide bonds. The number of likely N-dealkylation sites (N-methyl/N-ethyl adjacent to an activating group) is 1. The summed E-state index contributed by atoms with van der Waals surface area (Å²) in [6.07, 6.45) is 3.76. The van der Waals surface area contributed by atoms with E-state index < -0.39 is 0 Å². The van der Waals surface area contributed by atoms with Crippen molar-refractivity contribution in [1.29, 1.82) is 0 Å². The summed E-state index contributed by atoms with van der Waals surface area (Å²) in [7, 11) is 0. The summed E-state index contributed by atoms with van der Waals surface area (Å²) in [5.74, 6) is 1.62. The fraction of sp³-hybridized carbons (Fsp3) is 0.600. The lowest BCUT2D eigenvalue weighted by Gasteiger charge is -2.25. The molecule has 1 saturated carbocycles. The van der Waals surface area contributed by atoms with Gasteiger partial charge in [0.25, 0.3) is 0 Å². The molecule has 0 aromatic heterocycles. The average Bonchev–Trinajstić information content (AvgIpc) is 3.15. The van der Waals surface area contributed by atoms with Crippen LogP contribution in [0.4, 0.5) is 0 Å². The van der Waals surface area contributed by atoms with Crippen molar-refractivity contribution in [3.8, 4) is 0 Å². The van der Waals surface area contributed by atoms with E-state index in [9.17, 15) is 0 Å². The molecule has 2 atom stereocenters. The minimum atomic E-state index is 0.515. The van der Waals surface area contributed by atoms with Crippen LogP contribution in [0.15, 0.2) is 18.2 Å². The predicted octanol–water partition coefficient (Wildman–Crippen LogP) is 4.56. The van der Waals surface area contributed by atoms with Gasteiger partial charge >= 0.3 is 0 Å². The second-order valence-electron chi connectivity index (χ2n) is 5.30. The molecule has 1 fully saturated rings. The van der Waals surface area contributed by atoms with Gasteiger partial charge in [-0.15, -0.1) is 0 Å². The van der Waals surface area contributed by atoms with Crippen LogP contribution >= 0.6 is 23.2 Å². The van der Waals surface area contributed by atoms with Gasteiger partial charge in [-0.25, -0.2) is 0 Å². The first-order valence-corrected chi connectivity index (χ1v) is 7.54. The third kappa shape index (κ3) is 3.63. The molecule has 100 valence electrons. The summed E-state index contributed by atoms with van der Waals surface area (Å²) in [4.78, 5) is 0. The van der Waals surface area contributed by atoms with Crippen LogP contribution in [0.3, 0.4) is 0 Å². The monoisotopic (exact) mass is 285 g/mol. The molecule has 1 aromatic carbocycles. The predicted molar refractivity (Wildman–Crippen MR) is 79.5 cm³/mol. The molecule has 2 rings (SSSR count). The number of benzene rings is 1. The first kappa shape index (κ1) is 14.2. The fourth-order valence-corrected chi connectivity index (χ4v) is 3.07. The summed E-state index contributed by atoms with van der Waals surface area (Å²) < 4.78 is 0. The molecule has 0 aliphatic heterocycles. The molecule has 0 bridgehead atoms. The fourth-order valence-electron chi connectivity index (χ4n) is 2.58. The maximum atomic E-state index is 6.26. The summed E-state index contributed by atoms with van der Waals surface area (Å²) in [5.41, 5.74) is 1.19. The maximum Gasteiger partial charge on any atom is 0.0453 e. The van der Waals surface area contributed by atoms with Gasteiger partial charge in [-0.2, -0.15) is 0 Å². The molecule has 1 aliphatic rings.